The molecule has 7 heteroatoms. The number of ether oxygens (including phenoxy) is 1. The average molecular weight is 358 g/mol. The highest BCUT2D eigenvalue weighted by atomic mass is 19.3. The van der Waals surface area contributed by atoms with Crippen molar-refractivity contribution in [2.24, 2.45) is 0 Å². The summed E-state index contributed by atoms with van der Waals surface area (Å²) in [6.07, 6.45) is 0. The number of benzene rings is 2. The molecule has 3 aromatic rings. The highest BCUT2D eigenvalue weighted by Gasteiger charge is 2.16. The summed E-state index contributed by atoms with van der Waals surface area (Å²) < 4.78 is 34.2. The first kappa shape index (κ1) is 17.6. The highest BCUT2D eigenvalue weighted by Crippen LogP contribution is 2.21. The molecule has 0 saturated heterocycles. The summed E-state index contributed by atoms with van der Waals surface area (Å²) in [5.74, 6) is 0.104. The summed E-state index contributed by atoms with van der Waals surface area (Å²) in [6.45, 7) is -2.75. The summed E-state index contributed by atoms with van der Waals surface area (Å²) in [6, 6.07) is 16.9. The van der Waals surface area contributed by atoms with Gasteiger partial charge in [0.1, 0.15) is 11.4 Å². The quantitative estimate of drug-likeness (QED) is 0.662. The van der Waals surface area contributed by atoms with E-state index in [0.717, 1.165) is 5.56 Å². The van der Waals surface area contributed by atoms with Gasteiger partial charge in [-0.15, -0.1) is 0 Å². The Bertz CT molecular complexity index is 881. The Morgan fingerprint density at radius 2 is 1.92 bits per heavy atom. The third-order valence-corrected chi connectivity index (χ3v) is 3.67. The van der Waals surface area contributed by atoms with Crippen LogP contribution in [0.2, 0.25) is 0 Å². The standard InChI is InChI=1S/C19H16F2N2O3/c1-23(18(24)14-8-5-9-15(10-14)25-19(20)21)12-16-11-17(22-26-16)13-6-3-2-4-7-13/h2-11,19H,12H2,1H3. The van der Waals surface area contributed by atoms with Crippen LogP contribution in [0.25, 0.3) is 11.3 Å². The van der Waals surface area contributed by atoms with E-state index in [4.69, 9.17) is 4.52 Å². The van der Waals surface area contributed by atoms with Crippen LogP contribution in [-0.4, -0.2) is 29.6 Å². The molecule has 0 N–H and O–H groups in total. The van der Waals surface area contributed by atoms with Gasteiger partial charge in [-0.05, 0) is 18.2 Å². The Balaban J connectivity index is 1.69. The number of rotatable bonds is 6. The van der Waals surface area contributed by atoms with Crippen LogP contribution in [0.3, 0.4) is 0 Å². The van der Waals surface area contributed by atoms with Crippen LogP contribution in [-0.2, 0) is 6.54 Å². The maximum atomic E-state index is 12.5. The van der Waals surface area contributed by atoms with Gasteiger partial charge >= 0.3 is 6.61 Å². The molecule has 0 saturated carbocycles. The second kappa shape index (κ2) is 7.77. The third-order valence-electron chi connectivity index (χ3n) is 3.67. The van der Waals surface area contributed by atoms with Gasteiger partial charge in [0.05, 0.1) is 6.54 Å². The molecule has 3 rings (SSSR count). The second-order valence-corrected chi connectivity index (χ2v) is 5.61. The van der Waals surface area contributed by atoms with Gasteiger partial charge in [0.2, 0.25) is 0 Å². The van der Waals surface area contributed by atoms with E-state index in [1.807, 2.05) is 30.3 Å². The van der Waals surface area contributed by atoms with Crippen LogP contribution in [0.15, 0.2) is 65.2 Å². The average Bonchev–Trinajstić information content (AvgIpc) is 3.10. The molecule has 0 aliphatic carbocycles. The van der Waals surface area contributed by atoms with E-state index in [2.05, 4.69) is 9.89 Å². The van der Waals surface area contributed by atoms with E-state index >= 15 is 0 Å². The Hall–Kier alpha value is -3.22. The first-order valence-electron chi connectivity index (χ1n) is 7.84. The SMILES string of the molecule is CN(Cc1cc(-c2ccccc2)no1)C(=O)c1cccc(OC(F)F)c1. The molecule has 0 aliphatic heterocycles. The van der Waals surface area contributed by atoms with Crippen molar-refractivity contribution in [3.05, 3.63) is 72.0 Å². The minimum absolute atomic E-state index is 0.0646. The zero-order chi connectivity index (χ0) is 18.5. The normalized spacial score (nSPS) is 10.8. The summed E-state index contributed by atoms with van der Waals surface area (Å²) >= 11 is 0. The molecule has 2 aromatic carbocycles. The molecule has 0 aliphatic rings. The monoisotopic (exact) mass is 358 g/mol. The second-order valence-electron chi connectivity index (χ2n) is 5.61. The van der Waals surface area contributed by atoms with Gasteiger partial charge in [0.25, 0.3) is 5.91 Å². The number of alkyl halides is 2. The zero-order valence-corrected chi connectivity index (χ0v) is 13.9. The molecule has 26 heavy (non-hydrogen) atoms. The van der Waals surface area contributed by atoms with E-state index in [-0.39, 0.29) is 23.8 Å². The van der Waals surface area contributed by atoms with Gasteiger partial charge in [-0.1, -0.05) is 41.6 Å². The van der Waals surface area contributed by atoms with Crippen molar-refractivity contribution in [3.8, 4) is 17.0 Å². The first-order valence-corrected chi connectivity index (χ1v) is 7.84. The van der Waals surface area contributed by atoms with Gasteiger partial charge in [-0.25, -0.2) is 0 Å². The predicted octanol–water partition coefficient (Wildman–Crippen LogP) is 4.22. The fraction of sp³-hybridized carbons (Fsp3) is 0.158. The Morgan fingerprint density at radius 3 is 2.65 bits per heavy atom. The van der Waals surface area contributed by atoms with Crippen molar-refractivity contribution >= 4 is 5.91 Å². The lowest BCUT2D eigenvalue weighted by Crippen LogP contribution is -2.26. The third kappa shape index (κ3) is 4.24. The van der Waals surface area contributed by atoms with Gasteiger partial charge in [-0.3, -0.25) is 4.79 Å². The molecule has 0 radical (unpaired) electrons. The van der Waals surface area contributed by atoms with E-state index in [1.54, 1.807) is 13.1 Å². The van der Waals surface area contributed by atoms with Crippen molar-refractivity contribution in [1.82, 2.24) is 10.1 Å². The lowest BCUT2D eigenvalue weighted by molar-refractivity contribution is -0.0499. The van der Waals surface area contributed by atoms with Crippen LogP contribution < -0.4 is 4.74 Å². The summed E-state index contributed by atoms with van der Waals surface area (Å²) in [5, 5.41) is 4.00. The number of hydrogen-bond donors (Lipinski definition) is 0. The molecule has 1 amide bonds. The molecule has 1 heterocycles. The van der Waals surface area contributed by atoms with Gasteiger partial charge in [0, 0.05) is 24.2 Å². The van der Waals surface area contributed by atoms with E-state index in [9.17, 15) is 13.6 Å². The number of nitrogens with zero attached hydrogens (tertiary/aromatic N) is 2. The Morgan fingerprint density at radius 1 is 1.15 bits per heavy atom. The van der Waals surface area contributed by atoms with E-state index in [0.29, 0.717) is 11.5 Å². The van der Waals surface area contributed by atoms with E-state index < -0.39 is 6.61 Å². The molecule has 5 nitrogen and oxygen atoms in total. The summed E-state index contributed by atoms with van der Waals surface area (Å²) in [5.41, 5.74) is 1.83. The first-order chi connectivity index (χ1) is 12.5. The number of hydrogen-bond acceptors (Lipinski definition) is 4. The minimum atomic E-state index is -2.94. The minimum Gasteiger partial charge on any atom is -0.435 e. The van der Waals surface area contributed by atoms with E-state index in [1.165, 1.54) is 29.2 Å². The fourth-order valence-corrected chi connectivity index (χ4v) is 2.46. The molecule has 1 aromatic heterocycles. The number of amides is 1. The topological polar surface area (TPSA) is 55.6 Å². The van der Waals surface area contributed by atoms with Gasteiger partial charge < -0.3 is 14.2 Å². The maximum absolute atomic E-state index is 12.5. The van der Waals surface area contributed by atoms with Crippen LogP contribution in [0.4, 0.5) is 8.78 Å². The van der Waals surface area contributed by atoms with Crippen molar-refractivity contribution in [2.45, 2.75) is 13.2 Å². The molecule has 0 unspecified atom stereocenters. The molecule has 0 bridgehead atoms. The smallest absolute Gasteiger partial charge is 0.387 e. The molecule has 0 atom stereocenters. The predicted molar refractivity (Wildman–Crippen MR) is 90.8 cm³/mol. The molecule has 134 valence electrons. The molecular formula is C19H16F2N2O3. The molecule has 0 spiro atoms. The Kier molecular flexibility index (Phi) is 5.26. The molecular weight excluding hydrogens is 342 g/mol. The summed E-state index contributed by atoms with van der Waals surface area (Å²) in [7, 11) is 1.59. The van der Waals surface area contributed by atoms with Crippen molar-refractivity contribution < 1.29 is 22.8 Å². The van der Waals surface area contributed by atoms with Crippen LogP contribution >= 0.6 is 0 Å². The van der Waals surface area contributed by atoms with Crippen molar-refractivity contribution in [2.75, 3.05) is 7.05 Å². The number of carbonyl (C=O) groups excluding carboxylic acids is 1. The van der Waals surface area contributed by atoms with Gasteiger partial charge in [-0.2, -0.15) is 8.78 Å². The largest absolute Gasteiger partial charge is 0.435 e. The highest BCUT2D eigenvalue weighted by molar-refractivity contribution is 5.94. The fourth-order valence-electron chi connectivity index (χ4n) is 2.46. The number of halogens is 2. The van der Waals surface area contributed by atoms with Crippen molar-refractivity contribution in [3.63, 3.8) is 0 Å². The lowest BCUT2D eigenvalue weighted by atomic mass is 10.1. The maximum Gasteiger partial charge on any atom is 0.387 e. The van der Waals surface area contributed by atoms with Crippen LogP contribution in [0, 0.1) is 0 Å². The Labute approximate surface area is 148 Å². The van der Waals surface area contributed by atoms with Crippen molar-refractivity contribution in [1.29, 1.82) is 0 Å². The number of aromatic nitrogens is 1. The molecule has 0 fully saturated rings. The van der Waals surface area contributed by atoms with Crippen LogP contribution in [0.1, 0.15) is 16.1 Å². The van der Waals surface area contributed by atoms with Gasteiger partial charge in [0.15, 0.2) is 5.76 Å². The number of carbonyl (C=O) groups is 1. The zero-order valence-electron chi connectivity index (χ0n) is 13.9. The lowest BCUT2D eigenvalue weighted by Gasteiger charge is -2.16. The van der Waals surface area contributed by atoms with Crippen LogP contribution in [0.5, 0.6) is 5.75 Å². The summed E-state index contributed by atoms with van der Waals surface area (Å²) in [4.78, 5) is 13.9.